The maximum atomic E-state index is 11.8. The number of halogens is 2. The zero-order valence-electron chi connectivity index (χ0n) is 13.1. The van der Waals surface area contributed by atoms with Crippen molar-refractivity contribution in [3.63, 3.8) is 0 Å². The summed E-state index contributed by atoms with van der Waals surface area (Å²) < 4.78 is 5.56. The van der Waals surface area contributed by atoms with Crippen molar-refractivity contribution >= 4 is 40.0 Å². The first kappa shape index (κ1) is 17.9. The Morgan fingerprint density at radius 2 is 2.09 bits per heavy atom. The van der Waals surface area contributed by atoms with Crippen LogP contribution in [-0.4, -0.2) is 35.8 Å². The molecule has 2 aromatic rings. The average molecular weight is 359 g/mol. The van der Waals surface area contributed by atoms with Gasteiger partial charge in [-0.25, -0.2) is 0 Å². The number of aliphatic hydroxyl groups is 1. The van der Waals surface area contributed by atoms with Crippen molar-refractivity contribution in [2.75, 3.05) is 19.8 Å². The van der Waals surface area contributed by atoms with Crippen LogP contribution in [-0.2, 0) is 17.6 Å². The summed E-state index contributed by atoms with van der Waals surface area (Å²) in [4.78, 5) is 15.1. The number of aliphatic hydroxyl groups excluding tert-OH is 1. The molecule has 0 aliphatic carbocycles. The summed E-state index contributed by atoms with van der Waals surface area (Å²) >= 11 is 12.4. The maximum absolute atomic E-state index is 11.8. The number of hydrogen-bond donors (Lipinski definition) is 3. The van der Waals surface area contributed by atoms with Gasteiger partial charge < -0.3 is 20.1 Å². The fourth-order valence-electron chi connectivity index (χ4n) is 2.63. The monoisotopic (exact) mass is 358 g/mol. The molecule has 0 bridgehead atoms. The Morgan fingerprint density at radius 3 is 2.78 bits per heavy atom. The van der Waals surface area contributed by atoms with Gasteiger partial charge in [-0.05, 0) is 5.56 Å². The molecular formula is C16H20Cl2N2O3. The number of benzene rings is 1. The van der Waals surface area contributed by atoms with Crippen molar-refractivity contribution in [3.05, 3.63) is 27.4 Å². The van der Waals surface area contributed by atoms with E-state index in [9.17, 15) is 4.79 Å². The van der Waals surface area contributed by atoms with Crippen LogP contribution in [0.5, 0.6) is 5.75 Å². The molecule has 2 heterocycles. The Hall–Kier alpha value is -1.43. The van der Waals surface area contributed by atoms with Crippen molar-refractivity contribution < 1.29 is 14.6 Å². The summed E-state index contributed by atoms with van der Waals surface area (Å²) in [6, 6.07) is 1.62. The standard InChI is InChI=1S/C14H14Cl2N2O3.C2H6/c15-8-6-10(21-4-3-19)12-7-5-11(20)17-2-1-9(7)18-14(12)13(8)16;1-2/h6,18-19H,1-5H2,(H,17,20);1-2H3. The number of ether oxygens (including phenoxy) is 1. The summed E-state index contributed by atoms with van der Waals surface area (Å²) in [7, 11) is 0. The van der Waals surface area contributed by atoms with Gasteiger partial charge in [0.25, 0.3) is 0 Å². The van der Waals surface area contributed by atoms with Crippen LogP contribution >= 0.6 is 23.2 Å². The highest BCUT2D eigenvalue weighted by molar-refractivity contribution is 6.45. The number of amides is 1. The largest absolute Gasteiger partial charge is 0.490 e. The maximum Gasteiger partial charge on any atom is 0.224 e. The predicted octanol–water partition coefficient (Wildman–Crippen LogP) is 3.09. The van der Waals surface area contributed by atoms with E-state index in [1.165, 1.54) is 0 Å². The summed E-state index contributed by atoms with van der Waals surface area (Å²) in [6.45, 7) is 4.63. The third-order valence-electron chi connectivity index (χ3n) is 3.51. The minimum atomic E-state index is -0.102. The lowest BCUT2D eigenvalue weighted by Crippen LogP contribution is -2.24. The van der Waals surface area contributed by atoms with Gasteiger partial charge in [0.05, 0.1) is 28.6 Å². The molecule has 3 N–H and O–H groups in total. The molecular weight excluding hydrogens is 339 g/mol. The smallest absolute Gasteiger partial charge is 0.224 e. The quantitative estimate of drug-likeness (QED) is 0.789. The number of H-pyrrole nitrogens is 1. The normalized spacial score (nSPS) is 13.7. The zero-order valence-corrected chi connectivity index (χ0v) is 14.6. The second-order valence-electron chi connectivity index (χ2n) is 4.85. The topological polar surface area (TPSA) is 74.4 Å². The molecule has 1 aromatic heterocycles. The number of nitrogens with one attached hydrogen (secondary N) is 2. The van der Waals surface area contributed by atoms with Gasteiger partial charge in [0.2, 0.25) is 5.91 Å². The summed E-state index contributed by atoms with van der Waals surface area (Å²) in [6.07, 6.45) is 0.964. The molecule has 1 aromatic carbocycles. The van der Waals surface area contributed by atoms with Crippen LogP contribution in [0, 0.1) is 0 Å². The third-order valence-corrected chi connectivity index (χ3v) is 4.30. The molecule has 0 radical (unpaired) electrons. The van der Waals surface area contributed by atoms with Gasteiger partial charge in [-0.15, -0.1) is 0 Å². The number of aromatic amines is 1. The van der Waals surface area contributed by atoms with Gasteiger partial charge in [0.1, 0.15) is 12.4 Å². The molecule has 0 atom stereocenters. The molecule has 23 heavy (non-hydrogen) atoms. The number of aromatic nitrogens is 1. The first-order valence-electron chi connectivity index (χ1n) is 7.63. The van der Waals surface area contributed by atoms with Crippen LogP contribution in [0.15, 0.2) is 6.07 Å². The van der Waals surface area contributed by atoms with Crippen LogP contribution in [0.4, 0.5) is 0 Å². The van der Waals surface area contributed by atoms with E-state index in [1.807, 2.05) is 13.8 Å². The van der Waals surface area contributed by atoms with E-state index in [1.54, 1.807) is 6.07 Å². The van der Waals surface area contributed by atoms with E-state index in [0.29, 0.717) is 34.3 Å². The number of carbonyl (C=O) groups is 1. The Bertz CT molecular complexity index is 713. The molecule has 5 nitrogen and oxygen atoms in total. The van der Waals surface area contributed by atoms with Gasteiger partial charge in [0.15, 0.2) is 0 Å². The van der Waals surface area contributed by atoms with E-state index < -0.39 is 0 Å². The summed E-state index contributed by atoms with van der Waals surface area (Å²) in [5.41, 5.74) is 2.52. The van der Waals surface area contributed by atoms with Gasteiger partial charge in [-0.1, -0.05) is 37.0 Å². The van der Waals surface area contributed by atoms with Crippen molar-refractivity contribution in [1.82, 2.24) is 10.3 Å². The van der Waals surface area contributed by atoms with Crippen LogP contribution in [0.25, 0.3) is 10.9 Å². The third kappa shape index (κ3) is 3.57. The summed E-state index contributed by atoms with van der Waals surface area (Å²) in [5.74, 6) is 0.495. The number of fused-ring (bicyclic) bond motifs is 3. The molecule has 3 rings (SSSR count). The number of hydrogen-bond acceptors (Lipinski definition) is 3. The van der Waals surface area contributed by atoms with Crippen LogP contribution in [0.2, 0.25) is 10.0 Å². The fourth-order valence-corrected chi connectivity index (χ4v) is 3.01. The van der Waals surface area contributed by atoms with E-state index in [0.717, 1.165) is 16.6 Å². The molecule has 1 aliphatic rings. The SMILES string of the molecule is CC.O=C1Cc2c([nH]c3c(Cl)c(Cl)cc(OCCO)c23)CCN1. The highest BCUT2D eigenvalue weighted by Crippen LogP contribution is 2.40. The lowest BCUT2D eigenvalue weighted by molar-refractivity contribution is -0.120. The van der Waals surface area contributed by atoms with E-state index >= 15 is 0 Å². The van der Waals surface area contributed by atoms with Crippen molar-refractivity contribution in [3.8, 4) is 5.75 Å². The molecule has 7 heteroatoms. The summed E-state index contributed by atoms with van der Waals surface area (Å²) in [5, 5.41) is 13.3. The minimum Gasteiger partial charge on any atom is -0.490 e. The molecule has 0 spiro atoms. The second-order valence-corrected chi connectivity index (χ2v) is 5.64. The molecule has 0 fully saturated rings. The second kappa shape index (κ2) is 7.90. The molecule has 0 saturated carbocycles. The lowest BCUT2D eigenvalue weighted by Gasteiger charge is -2.10. The first-order valence-corrected chi connectivity index (χ1v) is 8.39. The van der Waals surface area contributed by atoms with Crippen LogP contribution < -0.4 is 10.1 Å². The highest BCUT2D eigenvalue weighted by Gasteiger charge is 2.23. The lowest BCUT2D eigenvalue weighted by atomic mass is 10.1. The number of rotatable bonds is 3. The molecule has 1 amide bonds. The van der Waals surface area contributed by atoms with Gasteiger partial charge in [-0.3, -0.25) is 4.79 Å². The molecule has 126 valence electrons. The predicted molar refractivity (Wildman–Crippen MR) is 92.7 cm³/mol. The fraction of sp³-hybridized carbons (Fsp3) is 0.438. The van der Waals surface area contributed by atoms with Gasteiger partial charge in [-0.2, -0.15) is 0 Å². The van der Waals surface area contributed by atoms with E-state index in [4.69, 9.17) is 33.0 Å². The van der Waals surface area contributed by atoms with Crippen molar-refractivity contribution in [2.24, 2.45) is 0 Å². The molecule has 0 unspecified atom stereocenters. The molecule has 0 saturated heterocycles. The Morgan fingerprint density at radius 1 is 1.35 bits per heavy atom. The number of carbonyl (C=O) groups excluding carboxylic acids is 1. The highest BCUT2D eigenvalue weighted by atomic mass is 35.5. The Labute approximate surface area is 144 Å². The van der Waals surface area contributed by atoms with Crippen LogP contribution in [0.1, 0.15) is 25.1 Å². The van der Waals surface area contributed by atoms with Gasteiger partial charge >= 0.3 is 0 Å². The first-order chi connectivity index (χ1) is 11.1. The zero-order chi connectivity index (χ0) is 17.0. The van der Waals surface area contributed by atoms with Crippen LogP contribution in [0.3, 0.4) is 0 Å². The van der Waals surface area contributed by atoms with Crippen molar-refractivity contribution in [1.29, 1.82) is 0 Å². The molecule has 1 aliphatic heterocycles. The van der Waals surface area contributed by atoms with E-state index in [-0.39, 0.29) is 25.5 Å². The Kier molecular flexibility index (Phi) is 6.16. The van der Waals surface area contributed by atoms with Gasteiger partial charge in [0, 0.05) is 30.1 Å². The minimum absolute atomic E-state index is 0.0335. The Balaban J connectivity index is 0.000000924. The van der Waals surface area contributed by atoms with E-state index in [2.05, 4.69) is 10.3 Å². The van der Waals surface area contributed by atoms with Crippen molar-refractivity contribution in [2.45, 2.75) is 26.7 Å². The average Bonchev–Trinajstić information content (AvgIpc) is 2.80.